The molecular weight excluding hydrogens is 176 g/mol. The Hall–Kier alpha value is -1.97. The number of nitrogens with zero attached hydrogens (tertiary/aromatic N) is 4. The summed E-state index contributed by atoms with van der Waals surface area (Å²) in [6, 6.07) is 9.99. The summed E-state index contributed by atoms with van der Waals surface area (Å²) in [5.41, 5.74) is 2.03. The second-order valence-electron chi connectivity index (χ2n) is 2.89. The Labute approximate surface area is 81.9 Å². The molecule has 2 aromatic rings. The monoisotopic (exact) mass is 186 g/mol. The van der Waals surface area contributed by atoms with E-state index in [0.717, 1.165) is 11.3 Å². The van der Waals surface area contributed by atoms with Gasteiger partial charge in [0.15, 0.2) is 0 Å². The summed E-state index contributed by atoms with van der Waals surface area (Å²) in [5.74, 6) is 0. The molecule has 0 bridgehead atoms. The number of aromatic nitrogens is 3. The third-order valence-corrected chi connectivity index (χ3v) is 1.86. The Morgan fingerprint density at radius 3 is 2.43 bits per heavy atom. The van der Waals surface area contributed by atoms with Crippen LogP contribution in [-0.2, 0) is 0 Å². The van der Waals surface area contributed by atoms with Crippen LogP contribution in [0.5, 0.6) is 0 Å². The molecule has 4 nitrogen and oxygen atoms in total. The Balaban J connectivity index is 2.29. The Morgan fingerprint density at radius 1 is 1.14 bits per heavy atom. The van der Waals surface area contributed by atoms with Crippen molar-refractivity contribution in [2.24, 2.45) is 5.10 Å². The van der Waals surface area contributed by atoms with E-state index in [2.05, 4.69) is 15.3 Å². The maximum Gasteiger partial charge on any atom is 0.141 e. The lowest BCUT2D eigenvalue weighted by Gasteiger charge is -1.98. The Kier molecular flexibility index (Phi) is 2.36. The highest BCUT2D eigenvalue weighted by Crippen LogP contribution is 2.00. The van der Waals surface area contributed by atoms with Crippen LogP contribution in [0.2, 0.25) is 0 Å². The average Bonchev–Trinajstić information content (AvgIpc) is 2.72. The molecule has 0 atom stereocenters. The molecule has 0 aliphatic heterocycles. The molecule has 0 saturated heterocycles. The fourth-order valence-electron chi connectivity index (χ4n) is 1.16. The topological polar surface area (TPSA) is 43.1 Å². The fraction of sp³-hybridized carbons (Fsp3) is 0.100. The summed E-state index contributed by atoms with van der Waals surface area (Å²) in [4.78, 5) is 0. The summed E-state index contributed by atoms with van der Waals surface area (Å²) in [6.45, 7) is 1.95. The van der Waals surface area contributed by atoms with Gasteiger partial charge in [-0.3, -0.25) is 0 Å². The van der Waals surface area contributed by atoms with E-state index in [1.807, 2.05) is 37.3 Å². The lowest BCUT2D eigenvalue weighted by molar-refractivity contribution is 0.871. The van der Waals surface area contributed by atoms with Crippen LogP contribution < -0.4 is 0 Å². The normalized spacial score (nSPS) is 11.6. The van der Waals surface area contributed by atoms with E-state index in [9.17, 15) is 0 Å². The summed E-state index contributed by atoms with van der Waals surface area (Å²) in [7, 11) is 0. The quantitative estimate of drug-likeness (QED) is 0.668. The molecule has 0 aliphatic rings. The van der Waals surface area contributed by atoms with Gasteiger partial charge in [-0.05, 0) is 12.5 Å². The second kappa shape index (κ2) is 3.83. The molecule has 1 heterocycles. The fourth-order valence-corrected chi connectivity index (χ4v) is 1.16. The maximum atomic E-state index is 4.30. The van der Waals surface area contributed by atoms with Gasteiger partial charge in [-0.25, -0.2) is 4.68 Å². The van der Waals surface area contributed by atoms with E-state index in [4.69, 9.17) is 0 Å². The molecule has 14 heavy (non-hydrogen) atoms. The molecule has 0 saturated carbocycles. The standard InChI is InChI=1S/C10H10N4/c1-9(10-5-3-2-4-6-10)13-14-7-11-12-8-14/h2-8H,1H3/b13-9-. The van der Waals surface area contributed by atoms with Crippen LogP contribution in [0, 0.1) is 0 Å². The van der Waals surface area contributed by atoms with E-state index >= 15 is 0 Å². The van der Waals surface area contributed by atoms with Crippen LogP contribution >= 0.6 is 0 Å². The highest BCUT2D eigenvalue weighted by Gasteiger charge is 1.95. The molecule has 1 aromatic heterocycles. The summed E-state index contributed by atoms with van der Waals surface area (Å²) in [6.07, 6.45) is 3.12. The molecule has 0 unspecified atom stereocenters. The highest BCUT2D eigenvalue weighted by atomic mass is 15.4. The van der Waals surface area contributed by atoms with E-state index in [1.165, 1.54) is 0 Å². The minimum absolute atomic E-state index is 0.936. The minimum atomic E-state index is 0.936. The number of hydrogen-bond acceptors (Lipinski definition) is 3. The lowest BCUT2D eigenvalue weighted by atomic mass is 10.1. The predicted molar refractivity (Wildman–Crippen MR) is 54.1 cm³/mol. The van der Waals surface area contributed by atoms with E-state index in [-0.39, 0.29) is 0 Å². The van der Waals surface area contributed by atoms with Crippen LogP contribution in [-0.4, -0.2) is 20.6 Å². The maximum absolute atomic E-state index is 4.30. The van der Waals surface area contributed by atoms with Crippen molar-refractivity contribution in [1.82, 2.24) is 14.9 Å². The molecule has 4 heteroatoms. The van der Waals surface area contributed by atoms with Gasteiger partial charge in [0.25, 0.3) is 0 Å². The lowest BCUT2D eigenvalue weighted by Crippen LogP contribution is -1.97. The van der Waals surface area contributed by atoms with E-state index in [0.29, 0.717) is 0 Å². The zero-order valence-electron chi connectivity index (χ0n) is 7.83. The zero-order chi connectivity index (χ0) is 9.80. The first kappa shape index (κ1) is 8.62. The number of benzene rings is 1. The summed E-state index contributed by atoms with van der Waals surface area (Å²) in [5, 5.41) is 11.6. The van der Waals surface area contributed by atoms with E-state index < -0.39 is 0 Å². The van der Waals surface area contributed by atoms with Gasteiger partial charge in [-0.2, -0.15) is 5.10 Å². The number of rotatable bonds is 2. The molecule has 70 valence electrons. The highest BCUT2D eigenvalue weighted by molar-refractivity contribution is 5.98. The van der Waals surface area contributed by atoms with Crippen molar-refractivity contribution < 1.29 is 0 Å². The second-order valence-corrected chi connectivity index (χ2v) is 2.89. The smallest absolute Gasteiger partial charge is 0.141 e. The SMILES string of the molecule is C/C(=N/n1cnnc1)c1ccccc1. The Bertz CT molecular complexity index is 417. The zero-order valence-corrected chi connectivity index (χ0v) is 7.83. The molecule has 2 rings (SSSR count). The van der Waals surface area contributed by atoms with Crippen LogP contribution in [0.3, 0.4) is 0 Å². The van der Waals surface area contributed by atoms with Crippen LogP contribution in [0.25, 0.3) is 0 Å². The summed E-state index contributed by atoms with van der Waals surface area (Å²) < 4.78 is 1.59. The number of hydrogen-bond donors (Lipinski definition) is 0. The van der Waals surface area contributed by atoms with Crippen molar-refractivity contribution in [3.63, 3.8) is 0 Å². The van der Waals surface area contributed by atoms with Crippen LogP contribution in [0.4, 0.5) is 0 Å². The molecule has 0 N–H and O–H groups in total. The molecule has 0 spiro atoms. The molecule has 0 fully saturated rings. The molecule has 0 amide bonds. The van der Waals surface area contributed by atoms with Gasteiger partial charge in [0.2, 0.25) is 0 Å². The van der Waals surface area contributed by atoms with Crippen LogP contribution in [0.1, 0.15) is 12.5 Å². The van der Waals surface area contributed by atoms with Crippen molar-refractivity contribution in [1.29, 1.82) is 0 Å². The first-order chi connectivity index (χ1) is 6.86. The van der Waals surface area contributed by atoms with Crippen molar-refractivity contribution >= 4 is 5.71 Å². The predicted octanol–water partition coefficient (Wildman–Crippen LogP) is 1.55. The van der Waals surface area contributed by atoms with Gasteiger partial charge in [0.05, 0.1) is 5.71 Å². The van der Waals surface area contributed by atoms with Gasteiger partial charge in [0, 0.05) is 0 Å². The van der Waals surface area contributed by atoms with Gasteiger partial charge in [0.1, 0.15) is 12.7 Å². The first-order valence-electron chi connectivity index (χ1n) is 4.32. The van der Waals surface area contributed by atoms with Crippen molar-refractivity contribution in [2.75, 3.05) is 0 Å². The van der Waals surface area contributed by atoms with Crippen LogP contribution in [0.15, 0.2) is 48.1 Å². The molecular formula is C10H10N4. The third kappa shape index (κ3) is 1.85. The van der Waals surface area contributed by atoms with Crippen molar-refractivity contribution in [3.8, 4) is 0 Å². The van der Waals surface area contributed by atoms with Gasteiger partial charge in [-0.1, -0.05) is 30.3 Å². The summed E-state index contributed by atoms with van der Waals surface area (Å²) >= 11 is 0. The third-order valence-electron chi connectivity index (χ3n) is 1.86. The molecule has 0 radical (unpaired) electrons. The van der Waals surface area contributed by atoms with Gasteiger partial charge in [-0.15, -0.1) is 10.2 Å². The average molecular weight is 186 g/mol. The van der Waals surface area contributed by atoms with Crippen molar-refractivity contribution in [3.05, 3.63) is 48.5 Å². The Morgan fingerprint density at radius 2 is 1.79 bits per heavy atom. The van der Waals surface area contributed by atoms with Crippen molar-refractivity contribution in [2.45, 2.75) is 6.92 Å². The molecule has 0 aliphatic carbocycles. The van der Waals surface area contributed by atoms with E-state index in [1.54, 1.807) is 17.3 Å². The largest absolute Gasteiger partial charge is 0.207 e. The van der Waals surface area contributed by atoms with Gasteiger partial charge >= 0.3 is 0 Å². The molecule has 1 aromatic carbocycles. The van der Waals surface area contributed by atoms with Gasteiger partial charge < -0.3 is 0 Å². The minimum Gasteiger partial charge on any atom is -0.207 e. The first-order valence-corrected chi connectivity index (χ1v) is 4.32.